The van der Waals surface area contributed by atoms with Crippen LogP contribution in [-0.4, -0.2) is 29.7 Å². The molecule has 1 aliphatic heterocycles. The zero-order chi connectivity index (χ0) is 24.1. The molecule has 0 unspecified atom stereocenters. The summed E-state index contributed by atoms with van der Waals surface area (Å²) in [6, 6.07) is 9.52. The van der Waals surface area contributed by atoms with Gasteiger partial charge in [0.2, 0.25) is 0 Å². The first-order chi connectivity index (χ1) is 16.1. The topological polar surface area (TPSA) is 43.3 Å². The number of carbonyl (C=O) groups is 1. The Morgan fingerprint density at radius 1 is 1.09 bits per heavy atom. The van der Waals surface area contributed by atoms with Crippen molar-refractivity contribution >= 4 is 5.91 Å². The Bertz CT molecular complexity index is 1040. The van der Waals surface area contributed by atoms with Gasteiger partial charge in [-0.2, -0.15) is 0 Å². The fraction of sp³-hybridized carbons (Fsp3) is 0.633. The van der Waals surface area contributed by atoms with Crippen LogP contribution in [0.3, 0.4) is 0 Å². The van der Waals surface area contributed by atoms with Crippen molar-refractivity contribution in [2.45, 2.75) is 103 Å². The summed E-state index contributed by atoms with van der Waals surface area (Å²) in [5.41, 5.74) is 7.60. The number of hydrogen-bond donors (Lipinski definition) is 1. The number of aromatic nitrogens is 1. The first-order valence-corrected chi connectivity index (χ1v) is 13.4. The lowest BCUT2D eigenvalue weighted by Gasteiger charge is -2.27. The predicted octanol–water partition coefficient (Wildman–Crippen LogP) is 6.52. The molecule has 0 atom stereocenters. The maximum Gasteiger partial charge on any atom is 0.253 e. The molecule has 4 nitrogen and oxygen atoms in total. The molecule has 1 saturated heterocycles. The summed E-state index contributed by atoms with van der Waals surface area (Å²) < 4.78 is 7.74. The van der Waals surface area contributed by atoms with Crippen molar-refractivity contribution in [3.63, 3.8) is 0 Å². The summed E-state index contributed by atoms with van der Waals surface area (Å²) in [5.74, 6) is 0.733. The average molecular weight is 463 g/mol. The number of rotatable bonds is 6. The highest BCUT2D eigenvalue weighted by atomic mass is 16.5. The van der Waals surface area contributed by atoms with E-state index in [-0.39, 0.29) is 17.4 Å². The van der Waals surface area contributed by atoms with Crippen molar-refractivity contribution in [1.29, 1.82) is 0 Å². The number of ether oxygens (including phenoxy) is 1. The molecule has 1 N–H and O–H groups in total. The zero-order valence-electron chi connectivity index (χ0n) is 21.8. The van der Waals surface area contributed by atoms with E-state index in [1.165, 1.54) is 67.3 Å². The molecule has 184 valence electrons. The molecule has 2 aliphatic carbocycles. The molecule has 34 heavy (non-hydrogen) atoms. The van der Waals surface area contributed by atoms with Crippen LogP contribution in [-0.2, 0) is 22.1 Å². The highest BCUT2D eigenvalue weighted by molar-refractivity contribution is 5.97. The van der Waals surface area contributed by atoms with E-state index in [0.29, 0.717) is 24.5 Å². The highest BCUT2D eigenvalue weighted by Gasteiger charge is 2.40. The maximum atomic E-state index is 13.2. The second-order valence-electron chi connectivity index (χ2n) is 12.5. The van der Waals surface area contributed by atoms with Gasteiger partial charge in [-0.1, -0.05) is 53.0 Å². The molecular formula is C30H42N2O2. The highest BCUT2D eigenvalue weighted by Crippen LogP contribution is 2.49. The van der Waals surface area contributed by atoms with Gasteiger partial charge < -0.3 is 14.6 Å². The number of benzene rings is 1. The minimum Gasteiger partial charge on any atom is -0.377 e. The van der Waals surface area contributed by atoms with Crippen molar-refractivity contribution in [3.8, 4) is 11.3 Å². The first-order valence-electron chi connectivity index (χ1n) is 13.4. The molecule has 1 amide bonds. The summed E-state index contributed by atoms with van der Waals surface area (Å²) in [6.07, 6.45) is 9.14. The molecule has 2 aromatic rings. The number of nitrogens with zero attached hydrogens (tertiary/aromatic N) is 1. The molecule has 4 heteroatoms. The quantitative estimate of drug-likeness (QED) is 0.531. The Morgan fingerprint density at radius 3 is 2.38 bits per heavy atom. The average Bonchev–Trinajstić information content (AvgIpc) is 3.45. The largest absolute Gasteiger partial charge is 0.377 e. The first kappa shape index (κ1) is 23.7. The number of hydrogen-bond acceptors (Lipinski definition) is 2. The third-order valence-corrected chi connectivity index (χ3v) is 8.54. The minimum atomic E-state index is 0.0378. The number of amides is 1. The van der Waals surface area contributed by atoms with E-state index < -0.39 is 0 Å². The van der Waals surface area contributed by atoms with Crippen LogP contribution in [0.4, 0.5) is 0 Å². The van der Waals surface area contributed by atoms with Crippen LogP contribution in [0.1, 0.15) is 99.8 Å². The van der Waals surface area contributed by atoms with Gasteiger partial charge in [-0.05, 0) is 84.2 Å². The molecule has 2 heterocycles. The number of carbonyl (C=O) groups excluding carboxylic acids is 1. The second kappa shape index (κ2) is 8.86. The van der Waals surface area contributed by atoms with Crippen LogP contribution in [0.5, 0.6) is 0 Å². The Kier molecular flexibility index (Phi) is 6.16. The lowest BCUT2D eigenvalue weighted by atomic mass is 9.82. The Balaban J connectivity index is 1.58. The van der Waals surface area contributed by atoms with Gasteiger partial charge in [0.05, 0.1) is 24.8 Å². The normalized spacial score (nSPS) is 20.7. The SMILES string of the molecule is Cc1c(C(=O)NC2COC2)cc(-c2cc(C(C)(C)C)cc(C3(C)CC3)c2)n1CC1CCCCC1. The van der Waals surface area contributed by atoms with E-state index >= 15 is 0 Å². The van der Waals surface area contributed by atoms with Crippen LogP contribution in [0.25, 0.3) is 11.3 Å². The zero-order valence-corrected chi connectivity index (χ0v) is 21.8. The maximum absolute atomic E-state index is 13.2. The standard InChI is InChI=1S/C30H42N2O2/c1-20-26(28(33)31-25-18-34-19-25)16-27(32(20)17-21-9-7-6-8-10-21)22-13-23(29(2,3)4)15-24(14-22)30(5)11-12-30/h13-16,21,25H,6-12,17-19H2,1-5H3,(H,31,33). The Morgan fingerprint density at radius 2 is 1.79 bits per heavy atom. The number of nitrogens with one attached hydrogen (secondary N) is 1. The van der Waals surface area contributed by atoms with Crippen molar-refractivity contribution in [1.82, 2.24) is 9.88 Å². The van der Waals surface area contributed by atoms with E-state index in [9.17, 15) is 4.79 Å². The lowest BCUT2D eigenvalue weighted by molar-refractivity contribution is -0.00347. The van der Waals surface area contributed by atoms with E-state index in [0.717, 1.165) is 17.8 Å². The molecule has 1 aromatic heterocycles. The van der Waals surface area contributed by atoms with Gasteiger partial charge >= 0.3 is 0 Å². The van der Waals surface area contributed by atoms with Gasteiger partial charge in [0.1, 0.15) is 0 Å². The van der Waals surface area contributed by atoms with Gasteiger partial charge in [0, 0.05) is 17.9 Å². The van der Waals surface area contributed by atoms with Gasteiger partial charge in [-0.25, -0.2) is 0 Å². The van der Waals surface area contributed by atoms with Gasteiger partial charge in [-0.3, -0.25) is 4.79 Å². The van der Waals surface area contributed by atoms with Gasteiger partial charge in [0.15, 0.2) is 0 Å². The summed E-state index contributed by atoms with van der Waals surface area (Å²) in [7, 11) is 0. The lowest BCUT2D eigenvalue weighted by Crippen LogP contribution is -2.48. The molecule has 5 rings (SSSR count). The molecular weight excluding hydrogens is 420 g/mol. The predicted molar refractivity (Wildman–Crippen MR) is 139 cm³/mol. The molecule has 0 spiro atoms. The van der Waals surface area contributed by atoms with Crippen LogP contribution in [0.15, 0.2) is 24.3 Å². The van der Waals surface area contributed by atoms with Crippen LogP contribution < -0.4 is 5.32 Å². The monoisotopic (exact) mass is 462 g/mol. The van der Waals surface area contributed by atoms with E-state index in [1.807, 2.05) is 0 Å². The van der Waals surface area contributed by atoms with Crippen molar-refractivity contribution in [2.24, 2.45) is 5.92 Å². The summed E-state index contributed by atoms with van der Waals surface area (Å²) in [6.45, 7) is 13.7. The summed E-state index contributed by atoms with van der Waals surface area (Å²) >= 11 is 0. The molecule has 0 radical (unpaired) electrons. The molecule has 2 saturated carbocycles. The van der Waals surface area contributed by atoms with Crippen LogP contribution in [0, 0.1) is 12.8 Å². The smallest absolute Gasteiger partial charge is 0.253 e. The fourth-order valence-corrected chi connectivity index (χ4v) is 5.59. The van der Waals surface area contributed by atoms with E-state index in [4.69, 9.17) is 4.74 Å². The summed E-state index contributed by atoms with van der Waals surface area (Å²) in [5, 5.41) is 3.17. The molecule has 0 bridgehead atoms. The van der Waals surface area contributed by atoms with Crippen molar-refractivity contribution in [3.05, 3.63) is 46.6 Å². The summed E-state index contributed by atoms with van der Waals surface area (Å²) in [4.78, 5) is 13.2. The third kappa shape index (κ3) is 4.71. The van der Waals surface area contributed by atoms with E-state index in [1.54, 1.807) is 0 Å². The second-order valence-corrected chi connectivity index (χ2v) is 12.5. The van der Waals surface area contributed by atoms with Gasteiger partial charge in [0.25, 0.3) is 5.91 Å². The van der Waals surface area contributed by atoms with Crippen molar-refractivity contribution in [2.75, 3.05) is 13.2 Å². The minimum absolute atomic E-state index is 0.0378. The Labute approximate surface area is 205 Å². The molecule has 3 aliphatic rings. The fourth-order valence-electron chi connectivity index (χ4n) is 5.59. The third-order valence-electron chi connectivity index (χ3n) is 8.54. The van der Waals surface area contributed by atoms with Crippen molar-refractivity contribution < 1.29 is 9.53 Å². The molecule has 1 aromatic carbocycles. The Hall–Kier alpha value is -2.07. The van der Waals surface area contributed by atoms with E-state index in [2.05, 4.69) is 68.8 Å². The molecule has 3 fully saturated rings. The van der Waals surface area contributed by atoms with Crippen LogP contribution in [0.2, 0.25) is 0 Å². The van der Waals surface area contributed by atoms with Gasteiger partial charge in [-0.15, -0.1) is 0 Å². The van der Waals surface area contributed by atoms with Crippen LogP contribution >= 0.6 is 0 Å².